The molecule has 2 aromatic rings. The van der Waals surface area contributed by atoms with Crippen molar-refractivity contribution in [2.45, 2.75) is 25.8 Å². The van der Waals surface area contributed by atoms with Gasteiger partial charge in [-0.25, -0.2) is 4.98 Å². The van der Waals surface area contributed by atoms with Crippen LogP contribution in [0.3, 0.4) is 0 Å². The summed E-state index contributed by atoms with van der Waals surface area (Å²) in [6, 6.07) is 8.22. The van der Waals surface area contributed by atoms with Crippen LogP contribution in [0, 0.1) is 0 Å². The third kappa shape index (κ3) is 8.01. The third-order valence-electron chi connectivity index (χ3n) is 3.45. The van der Waals surface area contributed by atoms with Gasteiger partial charge in [-0.15, -0.1) is 35.3 Å². The molecule has 0 fully saturated rings. The average molecular weight is 513 g/mol. The molecule has 2 N–H and O–H groups in total. The van der Waals surface area contributed by atoms with Crippen LogP contribution in [0.1, 0.15) is 21.8 Å². The van der Waals surface area contributed by atoms with Crippen molar-refractivity contribution in [3.05, 3.63) is 51.5 Å². The summed E-state index contributed by atoms with van der Waals surface area (Å²) in [5.41, 5.74) is 1.45. The topological polar surface area (TPSA) is 52.6 Å². The van der Waals surface area contributed by atoms with Crippen molar-refractivity contribution in [3.63, 3.8) is 0 Å². The fourth-order valence-corrected chi connectivity index (χ4v) is 2.96. The molecule has 0 amide bonds. The number of rotatable bonds is 6. The molecule has 0 aliphatic carbocycles. The molecule has 10 heteroatoms. The number of alkyl halides is 3. The van der Waals surface area contributed by atoms with Crippen LogP contribution in [0.4, 0.5) is 13.2 Å². The largest absolute Gasteiger partial charge is 0.434 e. The quantitative estimate of drug-likeness (QED) is 0.352. The molecule has 1 aromatic heterocycles. The molecule has 0 bridgehead atoms. The van der Waals surface area contributed by atoms with Crippen LogP contribution in [0.25, 0.3) is 0 Å². The Hall–Kier alpha value is -1.40. The predicted molar refractivity (Wildman–Crippen MR) is 113 cm³/mol. The molecule has 0 spiro atoms. The Labute approximate surface area is 178 Å². The van der Waals surface area contributed by atoms with Gasteiger partial charge in [0.25, 0.3) is 0 Å². The second-order valence-corrected chi connectivity index (χ2v) is 6.90. The van der Waals surface area contributed by atoms with Gasteiger partial charge < -0.3 is 15.5 Å². The minimum atomic E-state index is -4.41. The first-order chi connectivity index (χ1) is 12.3. The van der Waals surface area contributed by atoms with Crippen molar-refractivity contribution in [2.75, 3.05) is 21.1 Å². The molecule has 0 aliphatic heterocycles. The fraction of sp³-hybridized carbons (Fsp3) is 0.412. The summed E-state index contributed by atoms with van der Waals surface area (Å²) in [6.07, 6.45) is -4.41. The Morgan fingerprint density at radius 2 is 1.70 bits per heavy atom. The number of guanidine groups is 1. The molecule has 0 radical (unpaired) electrons. The maximum absolute atomic E-state index is 12.6. The lowest BCUT2D eigenvalue weighted by Crippen LogP contribution is -2.36. The van der Waals surface area contributed by atoms with Crippen LogP contribution in [0.5, 0.6) is 0 Å². The summed E-state index contributed by atoms with van der Waals surface area (Å²) in [5, 5.41) is 7.48. The highest BCUT2D eigenvalue weighted by molar-refractivity contribution is 14.0. The van der Waals surface area contributed by atoms with E-state index in [1.54, 1.807) is 7.05 Å². The van der Waals surface area contributed by atoms with E-state index in [2.05, 4.69) is 37.6 Å². The Morgan fingerprint density at radius 1 is 1.11 bits per heavy atom. The Bertz CT molecular complexity index is 729. The molecule has 27 heavy (non-hydrogen) atoms. The van der Waals surface area contributed by atoms with E-state index in [-0.39, 0.29) is 30.5 Å². The highest BCUT2D eigenvalue weighted by Gasteiger charge is 2.33. The van der Waals surface area contributed by atoms with E-state index in [1.165, 1.54) is 5.56 Å². The zero-order valence-electron chi connectivity index (χ0n) is 15.3. The molecule has 0 saturated heterocycles. The van der Waals surface area contributed by atoms with Crippen molar-refractivity contribution in [3.8, 4) is 0 Å². The van der Waals surface area contributed by atoms with Crippen LogP contribution in [-0.2, 0) is 25.8 Å². The number of thiazole rings is 1. The second-order valence-electron chi connectivity index (χ2n) is 5.96. The van der Waals surface area contributed by atoms with E-state index in [0.29, 0.717) is 17.5 Å². The first-order valence-electron chi connectivity index (χ1n) is 7.96. The molecule has 5 nitrogen and oxygen atoms in total. The maximum Gasteiger partial charge on any atom is 0.434 e. The van der Waals surface area contributed by atoms with Gasteiger partial charge in [0.2, 0.25) is 0 Å². The molecule has 0 aliphatic rings. The van der Waals surface area contributed by atoms with Gasteiger partial charge in [-0.05, 0) is 25.2 Å². The van der Waals surface area contributed by atoms with Crippen LogP contribution in [-0.4, -0.2) is 37.0 Å². The number of aromatic nitrogens is 1. The van der Waals surface area contributed by atoms with Crippen LogP contribution in [0.15, 0.2) is 34.6 Å². The molecule has 1 aromatic carbocycles. The highest BCUT2D eigenvalue weighted by Crippen LogP contribution is 2.29. The number of benzene rings is 1. The van der Waals surface area contributed by atoms with E-state index in [4.69, 9.17) is 0 Å². The number of nitrogens with one attached hydrogen (secondary N) is 2. The molecule has 2 rings (SSSR count). The first-order valence-corrected chi connectivity index (χ1v) is 8.84. The molecular weight excluding hydrogens is 490 g/mol. The maximum atomic E-state index is 12.6. The lowest BCUT2D eigenvalue weighted by molar-refractivity contribution is -0.140. The van der Waals surface area contributed by atoms with Crippen molar-refractivity contribution in [2.24, 2.45) is 4.99 Å². The minimum absolute atomic E-state index is 0. The lowest BCUT2D eigenvalue weighted by atomic mass is 10.1. The monoisotopic (exact) mass is 513 g/mol. The van der Waals surface area contributed by atoms with Crippen molar-refractivity contribution in [1.29, 1.82) is 0 Å². The molecule has 1 heterocycles. The van der Waals surface area contributed by atoms with E-state index in [1.807, 2.05) is 26.2 Å². The Kier molecular flexibility index (Phi) is 9.47. The first kappa shape index (κ1) is 23.6. The summed E-state index contributed by atoms with van der Waals surface area (Å²) < 4.78 is 37.7. The SMILES string of the molecule is CN=C(NCc1ccc(CN(C)C)cc1)NCc1nc(C(F)(F)F)cs1.I. The van der Waals surface area contributed by atoms with Gasteiger partial charge in [0.1, 0.15) is 5.01 Å². The van der Waals surface area contributed by atoms with Gasteiger partial charge in [0.15, 0.2) is 11.7 Å². The molecule has 150 valence electrons. The smallest absolute Gasteiger partial charge is 0.352 e. The summed E-state index contributed by atoms with van der Waals surface area (Å²) in [4.78, 5) is 9.76. The van der Waals surface area contributed by atoms with Crippen molar-refractivity contribution >= 4 is 41.3 Å². The second kappa shape index (κ2) is 10.8. The predicted octanol–water partition coefficient (Wildman–Crippen LogP) is 3.71. The lowest BCUT2D eigenvalue weighted by Gasteiger charge is -2.12. The van der Waals surface area contributed by atoms with Gasteiger partial charge in [-0.3, -0.25) is 4.99 Å². The zero-order valence-corrected chi connectivity index (χ0v) is 18.4. The average Bonchev–Trinajstić information content (AvgIpc) is 3.05. The van der Waals surface area contributed by atoms with Crippen molar-refractivity contribution in [1.82, 2.24) is 20.5 Å². The number of nitrogens with zero attached hydrogens (tertiary/aromatic N) is 3. The molecule has 0 saturated carbocycles. The van der Waals surface area contributed by atoms with Gasteiger partial charge in [-0.1, -0.05) is 24.3 Å². The summed E-state index contributed by atoms with van der Waals surface area (Å²) in [6.45, 7) is 1.63. The summed E-state index contributed by atoms with van der Waals surface area (Å²) in [5.74, 6) is 0.506. The van der Waals surface area contributed by atoms with Crippen LogP contribution < -0.4 is 10.6 Å². The molecular formula is C17H23F3IN5S. The van der Waals surface area contributed by atoms with E-state index < -0.39 is 11.9 Å². The molecule has 0 unspecified atom stereocenters. The van der Waals surface area contributed by atoms with E-state index in [0.717, 1.165) is 28.8 Å². The normalized spacial score (nSPS) is 12.0. The van der Waals surface area contributed by atoms with Gasteiger partial charge in [0, 0.05) is 25.5 Å². The summed E-state index contributed by atoms with van der Waals surface area (Å²) >= 11 is 0.969. The zero-order chi connectivity index (χ0) is 19.2. The third-order valence-corrected chi connectivity index (χ3v) is 4.30. The van der Waals surface area contributed by atoms with Crippen LogP contribution >= 0.6 is 35.3 Å². The minimum Gasteiger partial charge on any atom is -0.352 e. The van der Waals surface area contributed by atoms with Crippen LogP contribution in [0.2, 0.25) is 0 Å². The van der Waals surface area contributed by atoms with Gasteiger partial charge in [0.05, 0.1) is 6.54 Å². The summed E-state index contributed by atoms with van der Waals surface area (Å²) in [7, 11) is 5.65. The van der Waals surface area contributed by atoms with Gasteiger partial charge in [-0.2, -0.15) is 13.2 Å². The number of hydrogen-bond acceptors (Lipinski definition) is 4. The Balaban J connectivity index is 0.00000364. The Morgan fingerprint density at radius 3 is 2.22 bits per heavy atom. The number of halogens is 4. The van der Waals surface area contributed by atoms with E-state index >= 15 is 0 Å². The van der Waals surface area contributed by atoms with Gasteiger partial charge >= 0.3 is 6.18 Å². The fourth-order valence-electron chi connectivity index (χ4n) is 2.22. The number of aliphatic imine (C=N–C) groups is 1. The standard InChI is InChI=1S/C17H22F3N5S.HI/c1-21-16(23-9-15-24-14(11-26-15)17(18,19)20)22-8-12-4-6-13(7-5-12)10-25(2)3;/h4-7,11H,8-10H2,1-3H3,(H2,21,22,23);1H. The number of hydrogen-bond donors (Lipinski definition) is 2. The highest BCUT2D eigenvalue weighted by atomic mass is 127. The molecule has 0 atom stereocenters. The van der Waals surface area contributed by atoms with Crippen molar-refractivity contribution < 1.29 is 13.2 Å². The van der Waals surface area contributed by atoms with E-state index in [9.17, 15) is 13.2 Å².